The topological polar surface area (TPSA) is 41.4 Å². The molecular weight excluding hydrogens is 371 g/mol. The minimum Gasteiger partial charge on any atom is -0.335 e. The molecule has 1 fully saturated rings. The quantitative estimate of drug-likeness (QED) is 0.811. The Bertz CT molecular complexity index is 754. The lowest BCUT2D eigenvalue weighted by atomic mass is 10.2. The Morgan fingerprint density at radius 3 is 2.38 bits per heavy atom. The van der Waals surface area contributed by atoms with Crippen molar-refractivity contribution in [3.05, 3.63) is 50.7 Å². The second-order valence-corrected chi connectivity index (χ2v) is 7.04. The first-order valence-electron chi connectivity index (χ1n) is 7.59. The van der Waals surface area contributed by atoms with Gasteiger partial charge in [-0.15, -0.1) is 0 Å². The highest BCUT2D eigenvalue weighted by Crippen LogP contribution is 2.23. The van der Waals surface area contributed by atoms with E-state index in [-0.39, 0.29) is 5.91 Å². The van der Waals surface area contributed by atoms with Crippen LogP contribution >= 0.6 is 34.8 Å². The third-order valence-corrected chi connectivity index (χ3v) is 5.05. The lowest BCUT2D eigenvalue weighted by molar-refractivity contribution is 0.0622. The van der Waals surface area contributed by atoms with Gasteiger partial charge in [-0.1, -0.05) is 40.9 Å². The third kappa shape index (κ3) is 3.86. The number of aryl methyl sites for hydroxylation is 1. The minimum absolute atomic E-state index is 0.116. The van der Waals surface area contributed by atoms with Gasteiger partial charge in [-0.3, -0.25) is 14.4 Å². The maximum atomic E-state index is 12.5. The second kappa shape index (κ2) is 7.31. The molecule has 3 rings (SSSR count). The van der Waals surface area contributed by atoms with E-state index in [0.29, 0.717) is 33.9 Å². The van der Waals surface area contributed by atoms with Gasteiger partial charge in [0.05, 0.1) is 15.1 Å². The van der Waals surface area contributed by atoms with Gasteiger partial charge in [0.25, 0.3) is 5.91 Å². The molecule has 0 spiro atoms. The molecule has 8 heteroatoms. The molecule has 1 aliphatic rings. The van der Waals surface area contributed by atoms with Crippen molar-refractivity contribution in [2.75, 3.05) is 26.2 Å². The summed E-state index contributed by atoms with van der Waals surface area (Å²) >= 11 is 18.1. The van der Waals surface area contributed by atoms with E-state index in [9.17, 15) is 4.79 Å². The zero-order valence-electron chi connectivity index (χ0n) is 13.2. The summed E-state index contributed by atoms with van der Waals surface area (Å²) in [5.41, 5.74) is 1.43. The third-order valence-electron chi connectivity index (χ3n) is 4.04. The smallest absolute Gasteiger partial charge is 0.276 e. The number of amides is 1. The molecule has 0 aliphatic carbocycles. The first-order chi connectivity index (χ1) is 11.4. The van der Waals surface area contributed by atoms with Crippen LogP contribution in [0.4, 0.5) is 0 Å². The molecule has 24 heavy (non-hydrogen) atoms. The van der Waals surface area contributed by atoms with Crippen LogP contribution in [0, 0.1) is 0 Å². The summed E-state index contributed by atoms with van der Waals surface area (Å²) in [5.74, 6) is -0.116. The van der Waals surface area contributed by atoms with E-state index in [4.69, 9.17) is 34.8 Å². The number of aromatic nitrogens is 2. The SMILES string of the molecule is Cn1cc(Cl)c(C(=O)N2CCN(Cc3ccc(Cl)c(Cl)c3)CC2)n1. The lowest BCUT2D eigenvalue weighted by Crippen LogP contribution is -2.48. The Morgan fingerprint density at radius 2 is 1.79 bits per heavy atom. The number of benzene rings is 1. The van der Waals surface area contributed by atoms with E-state index in [1.807, 2.05) is 18.2 Å². The number of rotatable bonds is 3. The lowest BCUT2D eigenvalue weighted by Gasteiger charge is -2.34. The number of carbonyl (C=O) groups excluding carboxylic acids is 1. The number of carbonyl (C=O) groups is 1. The van der Waals surface area contributed by atoms with Crippen LogP contribution in [0.3, 0.4) is 0 Å². The zero-order chi connectivity index (χ0) is 17.3. The largest absolute Gasteiger partial charge is 0.335 e. The fourth-order valence-electron chi connectivity index (χ4n) is 2.76. The van der Waals surface area contributed by atoms with Gasteiger partial charge in [0.15, 0.2) is 5.69 Å². The number of nitrogens with zero attached hydrogens (tertiary/aromatic N) is 4. The molecule has 5 nitrogen and oxygen atoms in total. The summed E-state index contributed by atoms with van der Waals surface area (Å²) in [6.07, 6.45) is 1.63. The predicted molar refractivity (Wildman–Crippen MR) is 95.9 cm³/mol. The van der Waals surface area contributed by atoms with Crippen LogP contribution in [-0.2, 0) is 13.6 Å². The fourth-order valence-corrected chi connectivity index (χ4v) is 3.34. The average molecular weight is 388 g/mol. The molecule has 0 N–H and O–H groups in total. The van der Waals surface area contributed by atoms with Crippen LogP contribution in [0.25, 0.3) is 0 Å². The normalized spacial score (nSPS) is 15.8. The Morgan fingerprint density at radius 1 is 1.08 bits per heavy atom. The molecule has 0 saturated carbocycles. The molecule has 1 saturated heterocycles. The molecule has 1 aliphatic heterocycles. The summed E-state index contributed by atoms with van der Waals surface area (Å²) < 4.78 is 1.55. The van der Waals surface area contributed by atoms with Crippen LogP contribution in [0.2, 0.25) is 15.1 Å². The van der Waals surface area contributed by atoms with Crippen molar-refractivity contribution >= 4 is 40.7 Å². The van der Waals surface area contributed by atoms with Gasteiger partial charge in [0.2, 0.25) is 0 Å². The maximum Gasteiger partial charge on any atom is 0.276 e. The van der Waals surface area contributed by atoms with Gasteiger partial charge < -0.3 is 4.90 Å². The van der Waals surface area contributed by atoms with E-state index in [0.717, 1.165) is 25.2 Å². The van der Waals surface area contributed by atoms with Gasteiger partial charge >= 0.3 is 0 Å². The first-order valence-corrected chi connectivity index (χ1v) is 8.72. The molecule has 0 radical (unpaired) electrons. The molecule has 1 aromatic heterocycles. The van der Waals surface area contributed by atoms with Crippen molar-refractivity contribution in [2.24, 2.45) is 7.05 Å². The van der Waals surface area contributed by atoms with Gasteiger partial charge in [-0.05, 0) is 17.7 Å². The van der Waals surface area contributed by atoms with Crippen LogP contribution in [0.5, 0.6) is 0 Å². The first kappa shape index (κ1) is 17.5. The van der Waals surface area contributed by atoms with Gasteiger partial charge in [0, 0.05) is 46.0 Å². The van der Waals surface area contributed by atoms with E-state index < -0.39 is 0 Å². The minimum atomic E-state index is -0.116. The van der Waals surface area contributed by atoms with E-state index in [2.05, 4.69) is 10.00 Å². The van der Waals surface area contributed by atoms with Crippen LogP contribution < -0.4 is 0 Å². The average Bonchev–Trinajstić information content (AvgIpc) is 2.89. The summed E-state index contributed by atoms with van der Waals surface area (Å²) in [5, 5.41) is 5.65. The van der Waals surface area contributed by atoms with E-state index >= 15 is 0 Å². The number of hydrogen-bond acceptors (Lipinski definition) is 3. The summed E-state index contributed by atoms with van der Waals surface area (Å²) in [6, 6.07) is 5.66. The Kier molecular flexibility index (Phi) is 5.35. The van der Waals surface area contributed by atoms with Crippen molar-refractivity contribution in [1.29, 1.82) is 0 Å². The number of halogens is 3. The Hall–Kier alpha value is -1.27. The van der Waals surface area contributed by atoms with Crippen molar-refractivity contribution < 1.29 is 4.79 Å². The number of hydrogen-bond donors (Lipinski definition) is 0. The summed E-state index contributed by atoms with van der Waals surface area (Å²) in [7, 11) is 1.75. The monoisotopic (exact) mass is 386 g/mol. The van der Waals surface area contributed by atoms with Gasteiger partial charge in [-0.2, -0.15) is 5.10 Å². The van der Waals surface area contributed by atoms with Crippen molar-refractivity contribution in [3.8, 4) is 0 Å². The van der Waals surface area contributed by atoms with Crippen molar-refractivity contribution in [2.45, 2.75) is 6.54 Å². The summed E-state index contributed by atoms with van der Waals surface area (Å²) in [4.78, 5) is 16.6. The molecule has 2 heterocycles. The van der Waals surface area contributed by atoms with Crippen LogP contribution in [0.15, 0.2) is 24.4 Å². The highest BCUT2D eigenvalue weighted by molar-refractivity contribution is 6.42. The van der Waals surface area contributed by atoms with Gasteiger partial charge in [0.1, 0.15) is 0 Å². The van der Waals surface area contributed by atoms with Gasteiger partial charge in [-0.25, -0.2) is 0 Å². The van der Waals surface area contributed by atoms with E-state index in [1.165, 1.54) is 0 Å². The summed E-state index contributed by atoms with van der Waals surface area (Å²) in [6.45, 7) is 3.65. The van der Waals surface area contributed by atoms with Crippen LogP contribution in [-0.4, -0.2) is 51.7 Å². The molecule has 0 unspecified atom stereocenters. The molecule has 0 bridgehead atoms. The predicted octanol–water partition coefficient (Wildman–Crippen LogP) is 3.34. The highest BCUT2D eigenvalue weighted by Gasteiger charge is 2.25. The molecule has 2 aromatic rings. The Labute approximate surface area is 155 Å². The maximum absolute atomic E-state index is 12.5. The van der Waals surface area contributed by atoms with Crippen LogP contribution in [0.1, 0.15) is 16.1 Å². The molecule has 1 aromatic carbocycles. The standard InChI is InChI=1S/C16H17Cl3N4O/c1-21-10-14(19)15(20-21)16(24)23-6-4-22(5-7-23)9-11-2-3-12(17)13(18)8-11/h2-3,8,10H,4-7,9H2,1H3. The van der Waals surface area contributed by atoms with E-state index in [1.54, 1.807) is 22.8 Å². The molecule has 1 amide bonds. The highest BCUT2D eigenvalue weighted by atomic mass is 35.5. The van der Waals surface area contributed by atoms with Crippen molar-refractivity contribution in [1.82, 2.24) is 19.6 Å². The molecule has 128 valence electrons. The fraction of sp³-hybridized carbons (Fsp3) is 0.375. The zero-order valence-corrected chi connectivity index (χ0v) is 15.4. The van der Waals surface area contributed by atoms with Crippen molar-refractivity contribution in [3.63, 3.8) is 0 Å². The molecule has 0 atom stereocenters. The molecular formula is C16H17Cl3N4O. The Balaban J connectivity index is 1.58. The number of piperazine rings is 1. The second-order valence-electron chi connectivity index (χ2n) is 5.82.